The van der Waals surface area contributed by atoms with Gasteiger partial charge >= 0.3 is 5.97 Å². The van der Waals surface area contributed by atoms with Gasteiger partial charge in [0.15, 0.2) is 5.65 Å². The van der Waals surface area contributed by atoms with Crippen molar-refractivity contribution in [2.75, 3.05) is 37.6 Å². The van der Waals surface area contributed by atoms with Crippen molar-refractivity contribution in [1.29, 1.82) is 0 Å². The molecule has 1 fully saturated rings. The second-order valence-electron chi connectivity index (χ2n) is 5.88. The minimum atomic E-state index is -0.777. The lowest BCUT2D eigenvalue weighted by molar-refractivity contribution is -0.138. The van der Waals surface area contributed by atoms with E-state index in [2.05, 4.69) is 21.9 Å². The summed E-state index contributed by atoms with van der Waals surface area (Å²) in [6.45, 7) is 5.18. The standard InChI is InChI=1S/C15H22N6O2/c1-3-4-12-17-14-11(9-16-19(14)2)15(18-12)21-7-5-20(6-8-21)10-13(22)23/h9H,3-8,10H2,1-2H3,(H,22,23). The normalized spacial score (nSPS) is 16.2. The number of carboxylic acids is 1. The Balaban J connectivity index is 1.86. The number of anilines is 1. The van der Waals surface area contributed by atoms with Gasteiger partial charge in [0.25, 0.3) is 0 Å². The van der Waals surface area contributed by atoms with Gasteiger partial charge in [-0.1, -0.05) is 6.92 Å². The first-order chi connectivity index (χ1) is 11.1. The van der Waals surface area contributed by atoms with Gasteiger partial charge < -0.3 is 10.0 Å². The molecular formula is C15H22N6O2. The quantitative estimate of drug-likeness (QED) is 0.860. The number of aryl methyl sites for hydroxylation is 2. The van der Waals surface area contributed by atoms with Crippen LogP contribution in [0, 0.1) is 0 Å². The van der Waals surface area contributed by atoms with Gasteiger partial charge in [-0.3, -0.25) is 14.4 Å². The van der Waals surface area contributed by atoms with Gasteiger partial charge in [-0.25, -0.2) is 9.97 Å². The lowest BCUT2D eigenvalue weighted by atomic mass is 10.2. The summed E-state index contributed by atoms with van der Waals surface area (Å²) < 4.78 is 1.78. The Morgan fingerprint density at radius 2 is 2.00 bits per heavy atom. The Morgan fingerprint density at radius 3 is 2.65 bits per heavy atom. The number of hydrogen-bond acceptors (Lipinski definition) is 6. The number of fused-ring (bicyclic) bond motifs is 1. The predicted octanol–water partition coefficient (Wildman–Crippen LogP) is 0.522. The summed E-state index contributed by atoms with van der Waals surface area (Å²) in [4.78, 5) is 24.3. The highest BCUT2D eigenvalue weighted by molar-refractivity contribution is 5.87. The van der Waals surface area contributed by atoms with E-state index in [9.17, 15) is 4.79 Å². The van der Waals surface area contributed by atoms with Gasteiger partial charge in [-0.05, 0) is 6.42 Å². The zero-order valence-corrected chi connectivity index (χ0v) is 13.6. The lowest BCUT2D eigenvalue weighted by Crippen LogP contribution is -2.48. The van der Waals surface area contributed by atoms with Crippen molar-refractivity contribution >= 4 is 22.8 Å². The molecule has 2 aromatic rings. The largest absolute Gasteiger partial charge is 0.480 e. The van der Waals surface area contributed by atoms with Crippen LogP contribution in [-0.2, 0) is 18.3 Å². The summed E-state index contributed by atoms with van der Waals surface area (Å²) in [6.07, 6.45) is 3.65. The molecule has 2 aromatic heterocycles. The topological polar surface area (TPSA) is 87.4 Å². The summed E-state index contributed by atoms with van der Waals surface area (Å²) in [6, 6.07) is 0. The van der Waals surface area contributed by atoms with Crippen molar-refractivity contribution in [1.82, 2.24) is 24.6 Å². The highest BCUT2D eigenvalue weighted by Gasteiger charge is 2.23. The van der Waals surface area contributed by atoms with Crippen LogP contribution in [0.4, 0.5) is 5.82 Å². The second kappa shape index (κ2) is 6.49. The Morgan fingerprint density at radius 1 is 1.26 bits per heavy atom. The average molecular weight is 318 g/mol. The van der Waals surface area contributed by atoms with Crippen molar-refractivity contribution < 1.29 is 9.90 Å². The van der Waals surface area contributed by atoms with Crippen LogP contribution in [0.15, 0.2) is 6.20 Å². The van der Waals surface area contributed by atoms with Crippen LogP contribution in [0.5, 0.6) is 0 Å². The van der Waals surface area contributed by atoms with Crippen molar-refractivity contribution in [2.24, 2.45) is 7.05 Å². The maximum absolute atomic E-state index is 10.8. The summed E-state index contributed by atoms with van der Waals surface area (Å²) in [5.74, 6) is 0.980. The second-order valence-corrected chi connectivity index (χ2v) is 5.88. The number of aromatic nitrogens is 4. The number of hydrogen-bond donors (Lipinski definition) is 1. The summed E-state index contributed by atoms with van der Waals surface area (Å²) in [5, 5.41) is 14.2. The van der Waals surface area contributed by atoms with Gasteiger partial charge in [0.05, 0.1) is 18.1 Å². The van der Waals surface area contributed by atoms with E-state index in [0.717, 1.165) is 61.7 Å². The molecule has 0 unspecified atom stereocenters. The average Bonchev–Trinajstić information content (AvgIpc) is 2.89. The van der Waals surface area contributed by atoms with Crippen molar-refractivity contribution in [3.63, 3.8) is 0 Å². The van der Waals surface area contributed by atoms with E-state index in [1.807, 2.05) is 18.1 Å². The number of nitrogens with zero attached hydrogens (tertiary/aromatic N) is 6. The smallest absolute Gasteiger partial charge is 0.317 e. The van der Waals surface area contributed by atoms with Gasteiger partial charge in [-0.15, -0.1) is 0 Å². The van der Waals surface area contributed by atoms with Crippen LogP contribution in [-0.4, -0.2) is 68.4 Å². The van der Waals surface area contributed by atoms with Crippen LogP contribution in [0.2, 0.25) is 0 Å². The third-order valence-corrected chi connectivity index (χ3v) is 4.12. The molecule has 0 atom stereocenters. The number of rotatable bonds is 5. The zero-order valence-electron chi connectivity index (χ0n) is 13.6. The molecule has 0 saturated carbocycles. The molecule has 0 aliphatic carbocycles. The summed E-state index contributed by atoms with van der Waals surface area (Å²) in [5.41, 5.74) is 0.853. The first-order valence-electron chi connectivity index (χ1n) is 7.96. The molecule has 0 bridgehead atoms. The minimum absolute atomic E-state index is 0.0982. The monoisotopic (exact) mass is 318 g/mol. The maximum Gasteiger partial charge on any atom is 0.317 e. The molecule has 0 aromatic carbocycles. The van der Waals surface area contributed by atoms with E-state index in [0.29, 0.717) is 0 Å². The Labute approximate surface area is 134 Å². The van der Waals surface area contributed by atoms with Crippen molar-refractivity contribution in [2.45, 2.75) is 19.8 Å². The fourth-order valence-electron chi connectivity index (χ4n) is 2.94. The first kappa shape index (κ1) is 15.7. The van der Waals surface area contributed by atoms with Gasteiger partial charge in [0.1, 0.15) is 11.6 Å². The molecule has 124 valence electrons. The van der Waals surface area contributed by atoms with Gasteiger partial charge in [0.2, 0.25) is 0 Å². The molecule has 3 heterocycles. The predicted molar refractivity (Wildman–Crippen MR) is 86.6 cm³/mol. The van der Waals surface area contributed by atoms with E-state index in [1.54, 1.807) is 4.68 Å². The van der Waals surface area contributed by atoms with Crippen LogP contribution in [0.3, 0.4) is 0 Å². The third-order valence-electron chi connectivity index (χ3n) is 4.12. The Hall–Kier alpha value is -2.22. The molecule has 0 spiro atoms. The molecule has 1 N–H and O–H groups in total. The molecule has 3 rings (SSSR count). The van der Waals surface area contributed by atoms with Crippen LogP contribution >= 0.6 is 0 Å². The number of aliphatic carboxylic acids is 1. The zero-order chi connectivity index (χ0) is 16.4. The molecule has 0 amide bonds. The molecule has 0 radical (unpaired) electrons. The number of piperazine rings is 1. The van der Waals surface area contributed by atoms with E-state index in [1.165, 1.54) is 0 Å². The molecule has 23 heavy (non-hydrogen) atoms. The fourth-order valence-corrected chi connectivity index (χ4v) is 2.94. The maximum atomic E-state index is 10.8. The minimum Gasteiger partial charge on any atom is -0.480 e. The molecular weight excluding hydrogens is 296 g/mol. The SMILES string of the molecule is CCCc1nc(N2CCN(CC(=O)O)CC2)c2cnn(C)c2n1. The Bertz CT molecular complexity index is 705. The fraction of sp³-hybridized carbons (Fsp3) is 0.600. The molecule has 1 aliphatic rings. The van der Waals surface area contributed by atoms with E-state index in [4.69, 9.17) is 10.1 Å². The van der Waals surface area contributed by atoms with Crippen LogP contribution in [0.25, 0.3) is 11.0 Å². The molecule has 8 nitrogen and oxygen atoms in total. The summed E-state index contributed by atoms with van der Waals surface area (Å²) >= 11 is 0. The lowest BCUT2D eigenvalue weighted by Gasteiger charge is -2.34. The van der Waals surface area contributed by atoms with E-state index >= 15 is 0 Å². The highest BCUT2D eigenvalue weighted by atomic mass is 16.4. The summed E-state index contributed by atoms with van der Waals surface area (Å²) in [7, 11) is 1.89. The Kier molecular flexibility index (Phi) is 4.42. The molecule has 1 aliphatic heterocycles. The van der Waals surface area contributed by atoms with E-state index < -0.39 is 5.97 Å². The third kappa shape index (κ3) is 3.26. The van der Waals surface area contributed by atoms with Gasteiger partial charge in [0, 0.05) is 39.6 Å². The molecule has 1 saturated heterocycles. The van der Waals surface area contributed by atoms with Crippen LogP contribution in [0.1, 0.15) is 19.2 Å². The van der Waals surface area contributed by atoms with E-state index in [-0.39, 0.29) is 6.54 Å². The van der Waals surface area contributed by atoms with Crippen molar-refractivity contribution in [3.05, 3.63) is 12.0 Å². The highest BCUT2D eigenvalue weighted by Crippen LogP contribution is 2.24. The number of carboxylic acid groups (broad SMARTS) is 1. The van der Waals surface area contributed by atoms with Gasteiger partial charge in [-0.2, -0.15) is 5.10 Å². The van der Waals surface area contributed by atoms with Crippen LogP contribution < -0.4 is 4.90 Å². The molecule has 8 heteroatoms. The van der Waals surface area contributed by atoms with Crippen molar-refractivity contribution in [3.8, 4) is 0 Å². The number of carbonyl (C=O) groups is 1. The first-order valence-corrected chi connectivity index (χ1v) is 7.96.